The van der Waals surface area contributed by atoms with Gasteiger partial charge in [0.1, 0.15) is 22.8 Å². The van der Waals surface area contributed by atoms with Crippen molar-refractivity contribution < 1.29 is 34.8 Å². The molecule has 5 atom stereocenters. The Morgan fingerprint density at radius 2 is 2.00 bits per heavy atom. The number of nitrogens with one attached hydrogen (secondary N) is 1. The van der Waals surface area contributed by atoms with E-state index in [4.69, 9.17) is 10.5 Å². The summed E-state index contributed by atoms with van der Waals surface area (Å²) in [5, 5.41) is 47.8. The molecule has 1 fully saturated rings. The maximum Gasteiger partial charge on any atom is 0.253 e. The molecule has 6 rings (SSSR count). The van der Waals surface area contributed by atoms with Gasteiger partial charge in [0.05, 0.1) is 11.6 Å². The van der Waals surface area contributed by atoms with Crippen LogP contribution in [0, 0.1) is 11.8 Å². The molecule has 190 valence electrons. The van der Waals surface area contributed by atoms with Crippen LogP contribution in [-0.4, -0.2) is 81.6 Å². The van der Waals surface area contributed by atoms with Crippen molar-refractivity contribution in [2.75, 3.05) is 27.2 Å². The van der Waals surface area contributed by atoms with Crippen LogP contribution < -0.4 is 11.1 Å². The van der Waals surface area contributed by atoms with Crippen LogP contribution in [0.1, 0.15) is 34.3 Å². The number of aliphatic hydroxyl groups excluding tert-OH is 2. The minimum absolute atomic E-state index is 0.0594. The number of epoxide rings is 1. The molecule has 1 saturated heterocycles. The molecule has 0 saturated carbocycles. The molecule has 1 amide bonds. The van der Waals surface area contributed by atoms with Crippen LogP contribution in [0.5, 0.6) is 5.75 Å². The van der Waals surface area contributed by atoms with Gasteiger partial charge in [-0.1, -0.05) is 12.1 Å². The second-order valence-electron chi connectivity index (χ2n) is 10.5. The van der Waals surface area contributed by atoms with Crippen LogP contribution in [-0.2, 0) is 16.0 Å². The number of hydrogen-bond donors (Lipinski definition) is 6. The topological polar surface area (TPSA) is 169 Å². The average molecular weight is 496 g/mol. The number of rotatable bonds is 3. The number of Topliss-reactive ketones (excluding diaryl/α,β-unsaturated/α-hetero) is 1. The van der Waals surface area contributed by atoms with Crippen molar-refractivity contribution >= 4 is 17.3 Å². The number of ether oxygens (including phenoxy) is 1. The van der Waals surface area contributed by atoms with E-state index >= 15 is 0 Å². The van der Waals surface area contributed by atoms with E-state index < -0.39 is 58.0 Å². The quantitative estimate of drug-likeness (QED) is 0.330. The molecule has 10 nitrogen and oxygen atoms in total. The van der Waals surface area contributed by atoms with E-state index in [0.717, 1.165) is 29.7 Å². The molecule has 3 aliphatic carbocycles. The van der Waals surface area contributed by atoms with Crippen LogP contribution in [0.3, 0.4) is 0 Å². The van der Waals surface area contributed by atoms with Gasteiger partial charge < -0.3 is 36.2 Å². The minimum Gasteiger partial charge on any atom is -0.510 e. The second-order valence-corrected chi connectivity index (χ2v) is 10.5. The van der Waals surface area contributed by atoms with Crippen molar-refractivity contribution in [3.8, 4) is 5.75 Å². The van der Waals surface area contributed by atoms with Gasteiger partial charge in [0.15, 0.2) is 11.4 Å². The molecular formula is C26H29N3O7. The number of hydrogen-bond acceptors (Lipinski definition) is 9. The van der Waals surface area contributed by atoms with E-state index in [9.17, 15) is 30.0 Å². The predicted octanol–water partition coefficient (Wildman–Crippen LogP) is 0.655. The molecule has 2 heterocycles. The SMILES string of the molecule is CN(C)[C@@H]1C(O)=C(C(N)=O)C2(O)O[C@@]23C(O)=C2C(=O)c4c(O)ccc(C5=CCNCC5)c4C[C@H]2C[C@@H]13. The summed E-state index contributed by atoms with van der Waals surface area (Å²) in [7, 11) is 3.41. The number of likely N-dealkylation sites (N-methyl/N-ethyl adjacent to an activating group) is 1. The van der Waals surface area contributed by atoms with Crippen molar-refractivity contribution in [1.29, 1.82) is 0 Å². The monoisotopic (exact) mass is 495 g/mol. The van der Waals surface area contributed by atoms with E-state index in [2.05, 4.69) is 11.4 Å². The van der Waals surface area contributed by atoms with Gasteiger partial charge >= 0.3 is 0 Å². The number of nitrogens with zero attached hydrogens (tertiary/aromatic N) is 1. The fraction of sp³-hybridized carbons (Fsp3) is 0.462. The smallest absolute Gasteiger partial charge is 0.253 e. The lowest BCUT2D eigenvalue weighted by atomic mass is 9.60. The Balaban J connectivity index is 1.54. The lowest BCUT2D eigenvalue weighted by Crippen LogP contribution is -2.57. The highest BCUT2D eigenvalue weighted by Crippen LogP contribution is 2.68. The lowest BCUT2D eigenvalue weighted by Gasteiger charge is -2.46. The number of aromatic hydroxyl groups is 1. The van der Waals surface area contributed by atoms with Gasteiger partial charge in [-0.2, -0.15) is 0 Å². The number of phenolic OH excluding ortho intramolecular Hbond substituents is 1. The number of ketones is 1. The number of nitrogens with two attached hydrogens (primary N) is 1. The summed E-state index contributed by atoms with van der Waals surface area (Å²) < 4.78 is 5.70. The first kappa shape index (κ1) is 23.2. The first-order chi connectivity index (χ1) is 17.0. The largest absolute Gasteiger partial charge is 0.510 e. The van der Waals surface area contributed by atoms with Gasteiger partial charge in [0.25, 0.3) is 5.91 Å². The molecule has 2 aliphatic heterocycles. The Morgan fingerprint density at radius 1 is 1.25 bits per heavy atom. The Kier molecular flexibility index (Phi) is 4.79. The summed E-state index contributed by atoms with van der Waals surface area (Å²) >= 11 is 0. The van der Waals surface area contributed by atoms with E-state index in [-0.39, 0.29) is 16.9 Å². The normalized spacial score (nSPS) is 35.1. The fourth-order valence-corrected chi connectivity index (χ4v) is 7.03. The molecule has 0 bridgehead atoms. The number of benzene rings is 1. The molecule has 36 heavy (non-hydrogen) atoms. The number of aliphatic hydroxyl groups is 3. The molecule has 1 spiro atoms. The first-order valence-corrected chi connectivity index (χ1v) is 12.1. The molecule has 7 N–H and O–H groups in total. The van der Waals surface area contributed by atoms with E-state index in [1.807, 2.05) is 6.07 Å². The van der Waals surface area contributed by atoms with Gasteiger partial charge in [-0.15, -0.1) is 0 Å². The average Bonchev–Trinajstić information content (AvgIpc) is 3.45. The minimum atomic E-state index is -2.34. The fourth-order valence-electron chi connectivity index (χ4n) is 7.03. The summed E-state index contributed by atoms with van der Waals surface area (Å²) in [4.78, 5) is 27.8. The number of phenols is 1. The maximum atomic E-state index is 13.8. The lowest BCUT2D eigenvalue weighted by molar-refractivity contribution is -0.117. The molecule has 1 aromatic rings. The maximum absolute atomic E-state index is 13.8. The van der Waals surface area contributed by atoms with Gasteiger partial charge in [0.2, 0.25) is 5.79 Å². The standard InChI is InChI=1S/C26H29N3O7/c1-29(2)20-15-10-12-9-14-13(11-5-7-28-8-6-11)3-4-16(30)18(14)21(31)17(12)23(33)25(15)26(35,36-25)19(22(20)32)24(27)34/h3-5,12,15,20,28,30,32-33,35H,6-10H2,1-2H3,(H2,27,34)/t12-,15-,20-,25-,26?/m0/s1. The first-order valence-electron chi connectivity index (χ1n) is 12.1. The van der Waals surface area contributed by atoms with Crippen LogP contribution in [0.4, 0.5) is 0 Å². The molecular weight excluding hydrogens is 466 g/mol. The zero-order valence-electron chi connectivity index (χ0n) is 20.0. The van der Waals surface area contributed by atoms with Crippen molar-refractivity contribution in [3.63, 3.8) is 0 Å². The predicted molar refractivity (Wildman–Crippen MR) is 128 cm³/mol. The van der Waals surface area contributed by atoms with Crippen LogP contribution >= 0.6 is 0 Å². The third kappa shape index (κ3) is 2.70. The van der Waals surface area contributed by atoms with E-state index in [0.29, 0.717) is 19.4 Å². The molecule has 1 unspecified atom stereocenters. The molecule has 0 aromatic heterocycles. The van der Waals surface area contributed by atoms with E-state index in [1.54, 1.807) is 19.0 Å². The second kappa shape index (κ2) is 7.42. The highest BCUT2D eigenvalue weighted by molar-refractivity contribution is 6.14. The van der Waals surface area contributed by atoms with Crippen LogP contribution in [0.25, 0.3) is 5.57 Å². The molecule has 0 radical (unpaired) electrons. The number of carbonyl (C=O) groups excluding carboxylic acids is 2. The summed E-state index contributed by atoms with van der Waals surface area (Å²) in [6.07, 6.45) is 3.54. The summed E-state index contributed by atoms with van der Waals surface area (Å²) in [5.74, 6) is -6.09. The van der Waals surface area contributed by atoms with Crippen molar-refractivity contribution in [2.24, 2.45) is 17.6 Å². The Hall–Kier alpha value is -3.18. The number of allylic oxidation sites excluding steroid dienone is 1. The van der Waals surface area contributed by atoms with Crippen molar-refractivity contribution in [3.05, 3.63) is 57.6 Å². The van der Waals surface area contributed by atoms with Crippen molar-refractivity contribution in [1.82, 2.24) is 10.2 Å². The number of amides is 1. The van der Waals surface area contributed by atoms with Gasteiger partial charge in [-0.3, -0.25) is 14.5 Å². The Bertz CT molecular complexity index is 1330. The summed E-state index contributed by atoms with van der Waals surface area (Å²) in [6.45, 7) is 1.52. The molecule has 10 heteroatoms. The zero-order valence-corrected chi connectivity index (χ0v) is 20.0. The summed E-state index contributed by atoms with van der Waals surface area (Å²) in [6, 6.07) is 2.54. The zero-order chi connectivity index (χ0) is 25.7. The highest BCUT2D eigenvalue weighted by Gasteiger charge is 2.84. The number of primary amides is 1. The molecule has 1 aromatic carbocycles. The van der Waals surface area contributed by atoms with Crippen LogP contribution in [0.15, 0.2) is 40.9 Å². The van der Waals surface area contributed by atoms with E-state index in [1.165, 1.54) is 6.07 Å². The summed E-state index contributed by atoms with van der Waals surface area (Å²) in [5.41, 5.74) is 6.11. The van der Waals surface area contributed by atoms with Crippen LogP contribution in [0.2, 0.25) is 0 Å². The third-order valence-corrected chi connectivity index (χ3v) is 8.53. The molecule has 5 aliphatic rings. The Labute approximate surface area is 207 Å². The number of carbonyl (C=O) groups is 2. The Morgan fingerprint density at radius 3 is 2.64 bits per heavy atom. The van der Waals surface area contributed by atoms with Crippen molar-refractivity contribution in [2.45, 2.75) is 36.7 Å². The van der Waals surface area contributed by atoms with Gasteiger partial charge in [0, 0.05) is 18.0 Å². The third-order valence-electron chi connectivity index (χ3n) is 8.53. The van der Waals surface area contributed by atoms with Gasteiger partial charge in [-0.05, 0) is 68.6 Å². The van der Waals surface area contributed by atoms with Gasteiger partial charge in [-0.25, -0.2) is 0 Å². The number of fused-ring (bicyclic) bond motifs is 2. The highest BCUT2D eigenvalue weighted by atomic mass is 16.8.